The summed E-state index contributed by atoms with van der Waals surface area (Å²) in [5, 5.41) is 4.49. The van der Waals surface area contributed by atoms with Crippen molar-refractivity contribution in [3.8, 4) is 0 Å². The lowest BCUT2D eigenvalue weighted by atomic mass is 10.1. The first-order valence-electron chi connectivity index (χ1n) is 7.73. The SMILES string of the molecule is Cc1ccc(S(=O)(=O)NCC(=O)OCC(=O)NC(=O)NC(C)(C)C)cc1. The zero-order chi connectivity index (χ0) is 20.0. The van der Waals surface area contributed by atoms with E-state index in [2.05, 4.69) is 14.8 Å². The molecule has 0 aromatic heterocycles. The maximum absolute atomic E-state index is 12.0. The van der Waals surface area contributed by atoms with E-state index in [0.717, 1.165) is 5.56 Å². The smallest absolute Gasteiger partial charge is 0.321 e. The molecule has 0 saturated heterocycles. The van der Waals surface area contributed by atoms with E-state index in [1.807, 2.05) is 12.2 Å². The van der Waals surface area contributed by atoms with Gasteiger partial charge in [-0.25, -0.2) is 13.2 Å². The second-order valence-corrected chi connectivity index (χ2v) is 8.32. The molecule has 0 radical (unpaired) electrons. The Kier molecular flexibility index (Phi) is 7.28. The first-order valence-corrected chi connectivity index (χ1v) is 9.21. The fourth-order valence-corrected chi connectivity index (χ4v) is 2.66. The number of benzene rings is 1. The van der Waals surface area contributed by atoms with E-state index < -0.39 is 46.6 Å². The Labute approximate surface area is 152 Å². The van der Waals surface area contributed by atoms with Gasteiger partial charge in [0.05, 0.1) is 4.90 Å². The number of rotatable bonds is 6. The van der Waals surface area contributed by atoms with Gasteiger partial charge >= 0.3 is 12.0 Å². The lowest BCUT2D eigenvalue weighted by molar-refractivity contribution is -0.147. The molecule has 0 aliphatic carbocycles. The number of esters is 1. The number of hydrogen-bond acceptors (Lipinski definition) is 6. The number of carbonyl (C=O) groups excluding carboxylic acids is 3. The van der Waals surface area contributed by atoms with E-state index in [9.17, 15) is 22.8 Å². The standard InChI is InChI=1S/C16H23N3O6S/c1-11-5-7-12(8-6-11)26(23,24)17-9-14(21)25-10-13(20)18-15(22)19-16(2,3)4/h5-8,17H,9-10H2,1-4H3,(H2,18,19,20,22). The molecule has 1 rings (SSSR count). The minimum absolute atomic E-state index is 0.00694. The summed E-state index contributed by atoms with van der Waals surface area (Å²) in [5.41, 5.74) is 0.361. The Morgan fingerprint density at radius 2 is 1.65 bits per heavy atom. The number of urea groups is 1. The van der Waals surface area contributed by atoms with Crippen molar-refractivity contribution in [2.75, 3.05) is 13.2 Å². The van der Waals surface area contributed by atoms with Crippen LogP contribution in [-0.4, -0.2) is 45.0 Å². The second kappa shape index (κ2) is 8.77. The highest BCUT2D eigenvalue weighted by molar-refractivity contribution is 7.89. The number of nitrogens with one attached hydrogen (secondary N) is 3. The van der Waals surface area contributed by atoms with Gasteiger partial charge in [-0.1, -0.05) is 17.7 Å². The van der Waals surface area contributed by atoms with Gasteiger partial charge in [0.15, 0.2) is 6.61 Å². The molecule has 0 saturated carbocycles. The van der Waals surface area contributed by atoms with Crippen LogP contribution in [0.5, 0.6) is 0 Å². The van der Waals surface area contributed by atoms with E-state index in [0.29, 0.717) is 0 Å². The summed E-state index contributed by atoms with van der Waals surface area (Å²) in [7, 11) is -3.87. The van der Waals surface area contributed by atoms with Crippen molar-refractivity contribution in [3.05, 3.63) is 29.8 Å². The molecule has 0 heterocycles. The van der Waals surface area contributed by atoms with Crippen molar-refractivity contribution in [2.45, 2.75) is 38.1 Å². The van der Waals surface area contributed by atoms with Crippen molar-refractivity contribution in [1.29, 1.82) is 0 Å². The largest absolute Gasteiger partial charge is 0.455 e. The number of hydrogen-bond donors (Lipinski definition) is 3. The van der Waals surface area contributed by atoms with Crippen molar-refractivity contribution < 1.29 is 27.5 Å². The van der Waals surface area contributed by atoms with Gasteiger partial charge in [-0.3, -0.25) is 14.9 Å². The lowest BCUT2D eigenvalue weighted by Crippen LogP contribution is -2.49. The molecule has 9 nitrogen and oxygen atoms in total. The predicted molar refractivity (Wildman–Crippen MR) is 93.8 cm³/mol. The molecule has 3 N–H and O–H groups in total. The van der Waals surface area contributed by atoms with Crippen molar-refractivity contribution in [3.63, 3.8) is 0 Å². The lowest BCUT2D eigenvalue weighted by Gasteiger charge is -2.20. The predicted octanol–water partition coefficient (Wildman–Crippen LogP) is 0.441. The Morgan fingerprint density at radius 3 is 2.19 bits per heavy atom. The highest BCUT2D eigenvalue weighted by Crippen LogP contribution is 2.09. The number of sulfonamides is 1. The van der Waals surface area contributed by atoms with Gasteiger partial charge in [0.2, 0.25) is 10.0 Å². The van der Waals surface area contributed by atoms with E-state index >= 15 is 0 Å². The van der Waals surface area contributed by atoms with Crippen LogP contribution >= 0.6 is 0 Å². The van der Waals surface area contributed by atoms with Crippen LogP contribution < -0.4 is 15.4 Å². The second-order valence-electron chi connectivity index (χ2n) is 6.55. The van der Waals surface area contributed by atoms with Crippen LogP contribution in [-0.2, 0) is 24.3 Å². The van der Waals surface area contributed by atoms with Crippen molar-refractivity contribution in [2.24, 2.45) is 0 Å². The van der Waals surface area contributed by atoms with E-state index in [1.165, 1.54) is 12.1 Å². The summed E-state index contributed by atoms with van der Waals surface area (Å²) in [5.74, 6) is -1.78. The molecule has 10 heteroatoms. The normalized spacial score (nSPS) is 11.5. The van der Waals surface area contributed by atoms with Gasteiger partial charge in [0.25, 0.3) is 5.91 Å². The summed E-state index contributed by atoms with van der Waals surface area (Å²) in [4.78, 5) is 34.6. The van der Waals surface area contributed by atoms with Crippen LogP contribution in [0.2, 0.25) is 0 Å². The molecule has 26 heavy (non-hydrogen) atoms. The van der Waals surface area contributed by atoms with Crippen molar-refractivity contribution >= 4 is 27.9 Å². The zero-order valence-electron chi connectivity index (χ0n) is 15.1. The number of carbonyl (C=O) groups is 3. The third-order valence-corrected chi connectivity index (χ3v) is 4.26. The first kappa shape index (κ1) is 21.6. The molecular formula is C16H23N3O6S. The van der Waals surface area contributed by atoms with Gasteiger partial charge in [0, 0.05) is 5.54 Å². The summed E-state index contributed by atoms with van der Waals surface area (Å²) < 4.78 is 30.7. The Balaban J connectivity index is 2.41. The number of ether oxygens (including phenoxy) is 1. The van der Waals surface area contributed by atoms with Gasteiger partial charge in [-0.05, 0) is 39.8 Å². The molecule has 0 bridgehead atoms. The van der Waals surface area contributed by atoms with Crippen LogP contribution in [0.4, 0.5) is 4.79 Å². The summed E-state index contributed by atoms with van der Waals surface area (Å²) in [6, 6.07) is 5.34. The third kappa shape index (κ3) is 8.08. The minimum Gasteiger partial charge on any atom is -0.455 e. The number of imide groups is 1. The molecule has 1 aromatic carbocycles. The molecule has 0 unspecified atom stereocenters. The van der Waals surface area contributed by atoms with Gasteiger partial charge in [0.1, 0.15) is 6.54 Å². The van der Waals surface area contributed by atoms with E-state index in [1.54, 1.807) is 32.9 Å². The van der Waals surface area contributed by atoms with Crippen LogP contribution in [0.15, 0.2) is 29.2 Å². The van der Waals surface area contributed by atoms with E-state index in [-0.39, 0.29) is 4.90 Å². The number of amides is 3. The molecule has 0 spiro atoms. The maximum Gasteiger partial charge on any atom is 0.321 e. The molecule has 1 aromatic rings. The molecule has 0 aliphatic rings. The Bertz CT molecular complexity index is 766. The Morgan fingerprint density at radius 1 is 1.08 bits per heavy atom. The molecule has 144 valence electrons. The molecular weight excluding hydrogens is 362 g/mol. The molecule has 3 amide bonds. The summed E-state index contributed by atoms with van der Waals surface area (Å²) >= 11 is 0. The molecule has 0 atom stereocenters. The van der Waals surface area contributed by atoms with E-state index in [4.69, 9.17) is 0 Å². The Hall–Kier alpha value is -2.46. The average molecular weight is 385 g/mol. The maximum atomic E-state index is 12.0. The fraction of sp³-hybridized carbons (Fsp3) is 0.438. The van der Waals surface area contributed by atoms with Gasteiger partial charge in [-0.2, -0.15) is 4.72 Å². The van der Waals surface area contributed by atoms with Crippen LogP contribution in [0.25, 0.3) is 0 Å². The fourth-order valence-electron chi connectivity index (χ4n) is 1.69. The zero-order valence-corrected chi connectivity index (χ0v) is 15.9. The summed E-state index contributed by atoms with van der Waals surface area (Å²) in [6.07, 6.45) is 0. The average Bonchev–Trinajstić information content (AvgIpc) is 2.49. The quantitative estimate of drug-likeness (QED) is 0.609. The molecule has 0 aliphatic heterocycles. The third-order valence-electron chi connectivity index (χ3n) is 2.84. The number of aryl methyl sites for hydroxylation is 1. The van der Waals surface area contributed by atoms with Crippen LogP contribution in [0.3, 0.4) is 0 Å². The van der Waals surface area contributed by atoms with Gasteiger partial charge < -0.3 is 10.1 Å². The monoisotopic (exact) mass is 385 g/mol. The highest BCUT2D eigenvalue weighted by atomic mass is 32.2. The molecule has 0 fully saturated rings. The highest BCUT2D eigenvalue weighted by Gasteiger charge is 2.18. The van der Waals surface area contributed by atoms with Gasteiger partial charge in [-0.15, -0.1) is 0 Å². The topological polar surface area (TPSA) is 131 Å². The van der Waals surface area contributed by atoms with Crippen LogP contribution in [0, 0.1) is 6.92 Å². The van der Waals surface area contributed by atoms with Crippen LogP contribution in [0.1, 0.15) is 26.3 Å². The minimum atomic E-state index is -3.87. The summed E-state index contributed by atoms with van der Waals surface area (Å²) in [6.45, 7) is 5.67. The first-order chi connectivity index (χ1) is 11.9. The van der Waals surface area contributed by atoms with Crippen molar-refractivity contribution in [1.82, 2.24) is 15.4 Å².